The summed E-state index contributed by atoms with van der Waals surface area (Å²) in [5.74, 6) is 1.31. The van der Waals surface area contributed by atoms with Crippen LogP contribution in [0.2, 0.25) is 0 Å². The van der Waals surface area contributed by atoms with Crippen molar-refractivity contribution >= 4 is 21.7 Å². The molecule has 2 N–H and O–H groups in total. The molecule has 80 valence electrons. The fourth-order valence-corrected chi connectivity index (χ4v) is 1.76. The zero-order valence-corrected chi connectivity index (χ0v) is 9.86. The van der Waals surface area contributed by atoms with Crippen LogP contribution in [0, 0.1) is 0 Å². The highest BCUT2D eigenvalue weighted by Gasteiger charge is 2.09. The first-order valence-corrected chi connectivity index (χ1v) is 5.42. The van der Waals surface area contributed by atoms with Gasteiger partial charge in [-0.2, -0.15) is 0 Å². The average molecular weight is 271 g/mol. The Hall–Kier alpha value is -1.30. The van der Waals surface area contributed by atoms with E-state index < -0.39 is 0 Å². The molecular weight excluding hydrogens is 260 g/mol. The van der Waals surface area contributed by atoms with Gasteiger partial charge >= 0.3 is 0 Å². The molecule has 6 heteroatoms. The van der Waals surface area contributed by atoms with Crippen LogP contribution in [0.1, 0.15) is 18.4 Å². The van der Waals surface area contributed by atoms with Crippen LogP contribution in [0.25, 0.3) is 0 Å². The maximum atomic E-state index is 5.68. The third-order valence-electron chi connectivity index (χ3n) is 2.14. The van der Waals surface area contributed by atoms with Gasteiger partial charge in [-0.15, -0.1) is 5.10 Å². The van der Waals surface area contributed by atoms with Gasteiger partial charge in [-0.25, -0.2) is 4.68 Å². The number of nitrogens with two attached hydrogens (primary N) is 1. The molecule has 0 amide bonds. The molecule has 0 spiro atoms. The molecule has 2 aromatic rings. The summed E-state index contributed by atoms with van der Waals surface area (Å²) in [5, 5.41) is 7.79. The lowest BCUT2D eigenvalue weighted by Crippen LogP contribution is -2.05. The standard InChI is InChI=1S/C9H11BrN4O/c1-2-7-9(11)12-13-14(7)5-6-3-4-8(10)15-6/h3-4H,2,5,11H2,1H3. The Morgan fingerprint density at radius 3 is 2.93 bits per heavy atom. The summed E-state index contributed by atoms with van der Waals surface area (Å²) in [7, 11) is 0. The first kappa shape index (κ1) is 10.2. The third-order valence-corrected chi connectivity index (χ3v) is 2.56. The predicted molar refractivity (Wildman–Crippen MR) is 59.3 cm³/mol. The topological polar surface area (TPSA) is 69.9 Å². The van der Waals surface area contributed by atoms with Crippen molar-refractivity contribution in [2.45, 2.75) is 19.9 Å². The molecule has 0 aliphatic rings. The van der Waals surface area contributed by atoms with E-state index in [1.54, 1.807) is 4.68 Å². The van der Waals surface area contributed by atoms with Gasteiger partial charge in [0.05, 0.1) is 5.69 Å². The molecule has 0 aliphatic heterocycles. The van der Waals surface area contributed by atoms with Crippen molar-refractivity contribution < 1.29 is 4.42 Å². The molecule has 0 saturated heterocycles. The molecule has 0 unspecified atom stereocenters. The van der Waals surface area contributed by atoms with Crippen molar-refractivity contribution in [3.63, 3.8) is 0 Å². The van der Waals surface area contributed by atoms with E-state index in [-0.39, 0.29) is 0 Å². The highest BCUT2D eigenvalue weighted by atomic mass is 79.9. The lowest BCUT2D eigenvalue weighted by molar-refractivity contribution is 0.454. The first-order chi connectivity index (χ1) is 7.20. The summed E-state index contributed by atoms with van der Waals surface area (Å²) < 4.78 is 7.85. The maximum Gasteiger partial charge on any atom is 0.169 e. The molecule has 0 aromatic carbocycles. The fourth-order valence-electron chi connectivity index (χ4n) is 1.42. The number of furan rings is 1. The van der Waals surface area contributed by atoms with Gasteiger partial charge in [0.25, 0.3) is 0 Å². The van der Waals surface area contributed by atoms with Crippen molar-refractivity contribution in [2.24, 2.45) is 0 Å². The van der Waals surface area contributed by atoms with E-state index in [2.05, 4.69) is 26.2 Å². The van der Waals surface area contributed by atoms with Crippen LogP contribution in [0.5, 0.6) is 0 Å². The minimum absolute atomic E-state index is 0.489. The van der Waals surface area contributed by atoms with Crippen LogP contribution < -0.4 is 5.73 Å². The van der Waals surface area contributed by atoms with Gasteiger partial charge < -0.3 is 10.2 Å². The fraction of sp³-hybridized carbons (Fsp3) is 0.333. The van der Waals surface area contributed by atoms with Crippen molar-refractivity contribution in [2.75, 3.05) is 5.73 Å². The quantitative estimate of drug-likeness (QED) is 0.924. The molecule has 0 aliphatic carbocycles. The molecule has 2 heterocycles. The molecule has 0 bridgehead atoms. The van der Waals surface area contributed by atoms with E-state index >= 15 is 0 Å². The monoisotopic (exact) mass is 270 g/mol. The number of rotatable bonds is 3. The largest absolute Gasteiger partial charge is 0.452 e. The lowest BCUT2D eigenvalue weighted by atomic mass is 10.3. The van der Waals surface area contributed by atoms with Gasteiger partial charge in [0.1, 0.15) is 12.3 Å². The second-order valence-corrected chi connectivity index (χ2v) is 3.92. The van der Waals surface area contributed by atoms with Gasteiger partial charge in [-0.05, 0) is 34.5 Å². The molecule has 15 heavy (non-hydrogen) atoms. The Labute approximate surface area is 95.4 Å². The predicted octanol–water partition coefficient (Wildman–Crippen LogP) is 1.83. The van der Waals surface area contributed by atoms with E-state index in [9.17, 15) is 0 Å². The van der Waals surface area contributed by atoms with Gasteiger partial charge in [-0.1, -0.05) is 12.1 Å². The second kappa shape index (κ2) is 4.06. The van der Waals surface area contributed by atoms with Gasteiger partial charge in [0.15, 0.2) is 10.5 Å². The second-order valence-electron chi connectivity index (χ2n) is 3.14. The summed E-state index contributed by atoms with van der Waals surface area (Å²) in [4.78, 5) is 0. The number of anilines is 1. The van der Waals surface area contributed by atoms with Gasteiger partial charge in [0, 0.05) is 0 Å². The average Bonchev–Trinajstić information content (AvgIpc) is 2.75. The van der Waals surface area contributed by atoms with E-state index in [0.717, 1.165) is 17.9 Å². The van der Waals surface area contributed by atoms with Crippen molar-refractivity contribution in [3.8, 4) is 0 Å². The zero-order chi connectivity index (χ0) is 10.8. The molecule has 0 fully saturated rings. The van der Waals surface area contributed by atoms with Crippen LogP contribution in [0.3, 0.4) is 0 Å². The van der Waals surface area contributed by atoms with Crippen LogP contribution in [-0.4, -0.2) is 15.0 Å². The third kappa shape index (κ3) is 2.04. The molecule has 5 nitrogen and oxygen atoms in total. The molecular formula is C9H11BrN4O. The SMILES string of the molecule is CCc1c(N)nnn1Cc1ccc(Br)o1. The van der Waals surface area contributed by atoms with Crippen LogP contribution in [0.15, 0.2) is 21.2 Å². The van der Waals surface area contributed by atoms with Crippen molar-refractivity contribution in [1.29, 1.82) is 0 Å². The Balaban J connectivity index is 2.24. The Morgan fingerprint density at radius 2 is 2.33 bits per heavy atom. The number of hydrogen-bond donors (Lipinski definition) is 1. The summed E-state index contributed by atoms with van der Waals surface area (Å²) in [5.41, 5.74) is 6.61. The number of hydrogen-bond acceptors (Lipinski definition) is 4. The Bertz CT molecular complexity index is 462. The number of aromatic nitrogens is 3. The minimum Gasteiger partial charge on any atom is -0.452 e. The van der Waals surface area contributed by atoms with Gasteiger partial charge in [-0.3, -0.25) is 0 Å². The number of halogens is 1. The molecule has 0 radical (unpaired) electrons. The normalized spacial score (nSPS) is 10.8. The smallest absolute Gasteiger partial charge is 0.169 e. The highest BCUT2D eigenvalue weighted by molar-refractivity contribution is 9.10. The van der Waals surface area contributed by atoms with Gasteiger partial charge in [0.2, 0.25) is 0 Å². The van der Waals surface area contributed by atoms with Crippen LogP contribution >= 0.6 is 15.9 Å². The Kier molecular flexibility index (Phi) is 2.77. The highest BCUT2D eigenvalue weighted by Crippen LogP contribution is 2.16. The lowest BCUT2D eigenvalue weighted by Gasteiger charge is -2.01. The van der Waals surface area contributed by atoms with Crippen molar-refractivity contribution in [3.05, 3.63) is 28.3 Å². The van der Waals surface area contributed by atoms with Crippen LogP contribution in [0.4, 0.5) is 5.82 Å². The van der Waals surface area contributed by atoms with Crippen molar-refractivity contribution in [1.82, 2.24) is 15.0 Å². The van der Waals surface area contributed by atoms with Crippen LogP contribution in [-0.2, 0) is 13.0 Å². The number of nitrogens with zero attached hydrogens (tertiary/aromatic N) is 3. The number of nitrogen functional groups attached to an aromatic ring is 1. The summed E-state index contributed by atoms with van der Waals surface area (Å²) in [6.45, 7) is 2.57. The van der Waals surface area contributed by atoms with E-state index in [1.165, 1.54) is 0 Å². The Morgan fingerprint density at radius 1 is 1.53 bits per heavy atom. The molecule has 2 aromatic heterocycles. The summed E-state index contributed by atoms with van der Waals surface area (Å²) >= 11 is 3.25. The summed E-state index contributed by atoms with van der Waals surface area (Å²) in [6.07, 6.45) is 0.806. The first-order valence-electron chi connectivity index (χ1n) is 4.62. The summed E-state index contributed by atoms with van der Waals surface area (Å²) in [6, 6.07) is 3.74. The van der Waals surface area contributed by atoms with E-state index in [1.807, 2.05) is 19.1 Å². The maximum absolute atomic E-state index is 5.68. The molecule has 0 saturated carbocycles. The minimum atomic E-state index is 0.489. The van der Waals surface area contributed by atoms with E-state index in [0.29, 0.717) is 17.0 Å². The molecule has 2 rings (SSSR count). The zero-order valence-electron chi connectivity index (χ0n) is 8.27. The molecule has 0 atom stereocenters. The van der Waals surface area contributed by atoms with E-state index in [4.69, 9.17) is 10.2 Å².